The molecule has 2 heterocycles. The minimum absolute atomic E-state index is 0.443. The molecule has 76 valence electrons. The highest BCUT2D eigenvalue weighted by molar-refractivity contribution is 5.63. The molecule has 4 heteroatoms. The predicted octanol–water partition coefficient (Wildman–Crippen LogP) is 2.29. The second-order valence-electron chi connectivity index (χ2n) is 2.93. The maximum Gasteiger partial charge on any atom is 0.220 e. The molecule has 0 amide bonds. The van der Waals surface area contributed by atoms with E-state index < -0.39 is 5.95 Å². The van der Waals surface area contributed by atoms with E-state index in [4.69, 9.17) is 4.74 Å². The van der Waals surface area contributed by atoms with Gasteiger partial charge in [-0.15, -0.1) is 0 Å². The standard InChI is InChI=1S/C11H9FN2O/c1-15-10-7-8(4-6-13-10)9-3-2-5-14-11(9)12/h2-7H,1H3. The van der Waals surface area contributed by atoms with E-state index >= 15 is 0 Å². The molecule has 0 unspecified atom stereocenters. The third kappa shape index (κ3) is 1.93. The Labute approximate surface area is 86.6 Å². The zero-order chi connectivity index (χ0) is 10.7. The Kier molecular flexibility index (Phi) is 2.58. The maximum absolute atomic E-state index is 13.3. The van der Waals surface area contributed by atoms with Crippen LogP contribution in [0.1, 0.15) is 0 Å². The highest BCUT2D eigenvalue weighted by atomic mass is 19.1. The summed E-state index contributed by atoms with van der Waals surface area (Å²) in [5.74, 6) is -0.0403. The maximum atomic E-state index is 13.3. The fourth-order valence-corrected chi connectivity index (χ4v) is 1.29. The van der Waals surface area contributed by atoms with Gasteiger partial charge < -0.3 is 4.74 Å². The lowest BCUT2D eigenvalue weighted by molar-refractivity contribution is 0.398. The fraction of sp³-hybridized carbons (Fsp3) is 0.0909. The van der Waals surface area contributed by atoms with Crippen LogP contribution in [0.2, 0.25) is 0 Å². The third-order valence-electron chi connectivity index (χ3n) is 2.01. The third-order valence-corrected chi connectivity index (χ3v) is 2.01. The molecule has 0 fully saturated rings. The zero-order valence-electron chi connectivity index (χ0n) is 8.14. The molecule has 0 atom stereocenters. The average Bonchev–Trinajstić information content (AvgIpc) is 2.30. The van der Waals surface area contributed by atoms with Gasteiger partial charge in [0.2, 0.25) is 11.8 Å². The first kappa shape index (κ1) is 9.58. The Bertz CT molecular complexity index is 474. The molecular formula is C11H9FN2O. The molecule has 2 aromatic heterocycles. The van der Waals surface area contributed by atoms with Crippen molar-refractivity contribution in [1.82, 2.24) is 9.97 Å². The van der Waals surface area contributed by atoms with Crippen molar-refractivity contribution in [1.29, 1.82) is 0 Å². The molecule has 2 rings (SSSR count). The van der Waals surface area contributed by atoms with Gasteiger partial charge in [-0.1, -0.05) is 0 Å². The van der Waals surface area contributed by atoms with Gasteiger partial charge in [0, 0.05) is 24.0 Å². The number of pyridine rings is 2. The first-order chi connectivity index (χ1) is 7.31. The first-order valence-corrected chi connectivity index (χ1v) is 4.42. The van der Waals surface area contributed by atoms with E-state index in [1.807, 2.05) is 0 Å². The zero-order valence-corrected chi connectivity index (χ0v) is 8.14. The fourth-order valence-electron chi connectivity index (χ4n) is 1.29. The van der Waals surface area contributed by atoms with Gasteiger partial charge in [-0.05, 0) is 23.8 Å². The summed E-state index contributed by atoms with van der Waals surface area (Å²) in [4.78, 5) is 7.53. The minimum Gasteiger partial charge on any atom is -0.481 e. The number of methoxy groups -OCH3 is 1. The van der Waals surface area contributed by atoms with Gasteiger partial charge >= 0.3 is 0 Å². The summed E-state index contributed by atoms with van der Waals surface area (Å²) < 4.78 is 18.3. The van der Waals surface area contributed by atoms with E-state index in [1.54, 1.807) is 30.5 Å². The summed E-state index contributed by atoms with van der Waals surface area (Å²) in [5.41, 5.74) is 1.14. The normalized spacial score (nSPS) is 10.0. The lowest BCUT2D eigenvalue weighted by Gasteiger charge is -2.03. The Hall–Kier alpha value is -1.97. The monoisotopic (exact) mass is 204 g/mol. The van der Waals surface area contributed by atoms with Crippen LogP contribution in [0, 0.1) is 5.95 Å². The van der Waals surface area contributed by atoms with Crippen molar-refractivity contribution in [2.45, 2.75) is 0 Å². The van der Waals surface area contributed by atoms with Gasteiger partial charge in [-0.3, -0.25) is 0 Å². The summed E-state index contributed by atoms with van der Waals surface area (Å²) in [6.45, 7) is 0. The smallest absolute Gasteiger partial charge is 0.220 e. The Morgan fingerprint density at radius 2 is 2.07 bits per heavy atom. The molecule has 0 spiro atoms. The van der Waals surface area contributed by atoms with E-state index in [0.717, 1.165) is 0 Å². The van der Waals surface area contributed by atoms with Crippen LogP contribution in [0.5, 0.6) is 5.88 Å². The van der Waals surface area contributed by atoms with Crippen LogP contribution in [-0.4, -0.2) is 17.1 Å². The topological polar surface area (TPSA) is 35.0 Å². The number of halogens is 1. The van der Waals surface area contributed by atoms with Gasteiger partial charge in [-0.2, -0.15) is 4.39 Å². The molecule has 0 aliphatic heterocycles. The van der Waals surface area contributed by atoms with Crippen LogP contribution >= 0.6 is 0 Å². The van der Waals surface area contributed by atoms with Crippen molar-refractivity contribution in [3.63, 3.8) is 0 Å². The molecule has 3 nitrogen and oxygen atoms in total. The number of ether oxygens (including phenoxy) is 1. The van der Waals surface area contributed by atoms with Gasteiger partial charge in [0.15, 0.2) is 0 Å². The largest absolute Gasteiger partial charge is 0.481 e. The summed E-state index contributed by atoms with van der Waals surface area (Å²) in [6, 6.07) is 6.73. The van der Waals surface area contributed by atoms with E-state index in [2.05, 4.69) is 9.97 Å². The quantitative estimate of drug-likeness (QED) is 0.704. The second kappa shape index (κ2) is 4.04. The summed E-state index contributed by atoms with van der Waals surface area (Å²) in [7, 11) is 1.52. The van der Waals surface area contributed by atoms with Crippen LogP contribution in [-0.2, 0) is 0 Å². The molecule has 0 N–H and O–H groups in total. The van der Waals surface area contributed by atoms with E-state index in [-0.39, 0.29) is 0 Å². The lowest BCUT2D eigenvalue weighted by Crippen LogP contribution is -1.90. The number of nitrogens with zero attached hydrogens (tertiary/aromatic N) is 2. The Morgan fingerprint density at radius 1 is 1.20 bits per heavy atom. The molecule has 0 radical (unpaired) electrons. The van der Waals surface area contributed by atoms with Crippen molar-refractivity contribution < 1.29 is 9.13 Å². The SMILES string of the molecule is COc1cc(-c2cccnc2F)ccn1. The average molecular weight is 204 g/mol. The van der Waals surface area contributed by atoms with E-state index in [1.165, 1.54) is 13.3 Å². The lowest BCUT2D eigenvalue weighted by atomic mass is 10.1. The summed E-state index contributed by atoms with van der Waals surface area (Å²) in [6.07, 6.45) is 2.98. The second-order valence-corrected chi connectivity index (χ2v) is 2.93. The van der Waals surface area contributed by atoms with Crippen molar-refractivity contribution in [3.8, 4) is 17.0 Å². The highest BCUT2D eigenvalue weighted by Gasteiger charge is 2.06. The van der Waals surface area contributed by atoms with E-state index in [9.17, 15) is 4.39 Å². The van der Waals surface area contributed by atoms with E-state index in [0.29, 0.717) is 17.0 Å². The van der Waals surface area contributed by atoms with Gasteiger partial charge in [0.25, 0.3) is 0 Å². The van der Waals surface area contributed by atoms with Gasteiger partial charge in [0.05, 0.1) is 7.11 Å². The summed E-state index contributed by atoms with van der Waals surface area (Å²) in [5, 5.41) is 0. The minimum atomic E-state index is -0.495. The Balaban J connectivity index is 2.49. The number of rotatable bonds is 2. The number of hydrogen-bond donors (Lipinski definition) is 0. The van der Waals surface area contributed by atoms with Crippen LogP contribution in [0.3, 0.4) is 0 Å². The molecule has 0 aromatic carbocycles. The van der Waals surface area contributed by atoms with Crippen LogP contribution < -0.4 is 4.74 Å². The van der Waals surface area contributed by atoms with Gasteiger partial charge in [-0.25, -0.2) is 9.97 Å². The van der Waals surface area contributed by atoms with Crippen LogP contribution in [0.25, 0.3) is 11.1 Å². The van der Waals surface area contributed by atoms with Crippen molar-refractivity contribution in [2.75, 3.05) is 7.11 Å². The number of aromatic nitrogens is 2. The molecule has 2 aromatic rings. The molecular weight excluding hydrogens is 195 g/mol. The van der Waals surface area contributed by atoms with Crippen LogP contribution in [0.15, 0.2) is 36.7 Å². The first-order valence-electron chi connectivity index (χ1n) is 4.42. The Morgan fingerprint density at radius 3 is 2.80 bits per heavy atom. The molecule has 0 aliphatic carbocycles. The summed E-state index contributed by atoms with van der Waals surface area (Å²) >= 11 is 0. The van der Waals surface area contributed by atoms with Crippen molar-refractivity contribution in [3.05, 3.63) is 42.6 Å². The van der Waals surface area contributed by atoms with Crippen LogP contribution in [0.4, 0.5) is 4.39 Å². The van der Waals surface area contributed by atoms with Crippen molar-refractivity contribution >= 4 is 0 Å². The highest BCUT2D eigenvalue weighted by Crippen LogP contribution is 2.23. The predicted molar refractivity (Wildman–Crippen MR) is 54.0 cm³/mol. The molecule has 0 saturated heterocycles. The molecule has 0 saturated carbocycles. The van der Waals surface area contributed by atoms with Gasteiger partial charge in [0.1, 0.15) is 0 Å². The molecule has 0 aliphatic rings. The van der Waals surface area contributed by atoms with Crippen molar-refractivity contribution in [2.24, 2.45) is 0 Å². The molecule has 15 heavy (non-hydrogen) atoms. The molecule has 0 bridgehead atoms. The number of hydrogen-bond acceptors (Lipinski definition) is 3.